The molecule has 3 nitrogen and oxygen atoms in total. The Balaban J connectivity index is 1.85. The summed E-state index contributed by atoms with van der Waals surface area (Å²) in [7, 11) is 0. The Hall–Kier alpha value is -1.06. The molecule has 1 atom stereocenters. The van der Waals surface area contributed by atoms with Crippen molar-refractivity contribution < 1.29 is 9.47 Å². The topological polar surface area (TPSA) is 30.5 Å². The van der Waals surface area contributed by atoms with Crippen molar-refractivity contribution in [2.24, 2.45) is 0 Å². The highest BCUT2D eigenvalue weighted by atomic mass is 16.5. The molecule has 2 rings (SSSR count). The Morgan fingerprint density at radius 2 is 2.28 bits per heavy atom. The smallest absolute Gasteiger partial charge is 0.123 e. The predicted molar refractivity (Wildman–Crippen MR) is 72.9 cm³/mol. The zero-order chi connectivity index (χ0) is 12.6. The Morgan fingerprint density at radius 1 is 1.39 bits per heavy atom. The molecule has 0 radical (unpaired) electrons. The molecule has 1 fully saturated rings. The number of rotatable bonds is 7. The molecule has 0 bridgehead atoms. The highest BCUT2D eigenvalue weighted by Gasteiger charge is 2.16. The van der Waals surface area contributed by atoms with E-state index in [0.29, 0.717) is 6.61 Å². The van der Waals surface area contributed by atoms with Gasteiger partial charge in [-0.2, -0.15) is 0 Å². The molecule has 1 aromatic rings. The van der Waals surface area contributed by atoms with E-state index in [1.807, 2.05) is 12.1 Å². The monoisotopic (exact) mass is 249 g/mol. The molecule has 1 unspecified atom stereocenters. The highest BCUT2D eigenvalue weighted by molar-refractivity contribution is 5.33. The normalized spacial score (nSPS) is 19.1. The maximum absolute atomic E-state index is 5.89. The zero-order valence-electron chi connectivity index (χ0n) is 11.2. The molecule has 0 amide bonds. The van der Waals surface area contributed by atoms with E-state index in [1.54, 1.807) is 0 Å². The summed E-state index contributed by atoms with van der Waals surface area (Å²) >= 11 is 0. The molecular weight excluding hydrogens is 226 g/mol. The first kappa shape index (κ1) is 13.4. The summed E-state index contributed by atoms with van der Waals surface area (Å²) in [6.07, 6.45) is 3.71. The van der Waals surface area contributed by atoms with Gasteiger partial charge in [-0.3, -0.25) is 0 Å². The molecule has 100 valence electrons. The maximum Gasteiger partial charge on any atom is 0.123 e. The molecule has 1 aliphatic heterocycles. The van der Waals surface area contributed by atoms with Crippen LogP contribution >= 0.6 is 0 Å². The lowest BCUT2D eigenvalue weighted by Gasteiger charge is -2.14. The van der Waals surface area contributed by atoms with Crippen LogP contribution in [0.3, 0.4) is 0 Å². The van der Waals surface area contributed by atoms with Crippen molar-refractivity contribution in [1.82, 2.24) is 5.32 Å². The van der Waals surface area contributed by atoms with Crippen LogP contribution < -0.4 is 10.1 Å². The van der Waals surface area contributed by atoms with Crippen LogP contribution in [-0.4, -0.2) is 25.9 Å². The molecule has 0 aromatic heterocycles. The van der Waals surface area contributed by atoms with Gasteiger partial charge in [-0.1, -0.05) is 25.1 Å². The van der Waals surface area contributed by atoms with Gasteiger partial charge in [-0.05, 0) is 31.9 Å². The molecule has 1 aromatic carbocycles. The van der Waals surface area contributed by atoms with E-state index in [9.17, 15) is 0 Å². The summed E-state index contributed by atoms with van der Waals surface area (Å²) in [4.78, 5) is 0. The van der Waals surface area contributed by atoms with E-state index in [2.05, 4.69) is 24.4 Å². The third-order valence-electron chi connectivity index (χ3n) is 3.16. The Labute approximate surface area is 109 Å². The first-order valence-electron chi connectivity index (χ1n) is 6.93. The van der Waals surface area contributed by atoms with Crippen molar-refractivity contribution in [1.29, 1.82) is 0 Å². The third-order valence-corrected chi connectivity index (χ3v) is 3.16. The van der Waals surface area contributed by atoms with Gasteiger partial charge in [0.15, 0.2) is 0 Å². The number of hydrogen-bond acceptors (Lipinski definition) is 3. The molecule has 1 saturated heterocycles. The molecule has 0 saturated carbocycles. The Morgan fingerprint density at radius 3 is 3.06 bits per heavy atom. The van der Waals surface area contributed by atoms with E-state index in [4.69, 9.17) is 9.47 Å². The van der Waals surface area contributed by atoms with Gasteiger partial charge in [-0.25, -0.2) is 0 Å². The zero-order valence-corrected chi connectivity index (χ0v) is 11.2. The van der Waals surface area contributed by atoms with Crippen LogP contribution in [0.1, 0.15) is 31.7 Å². The summed E-state index contributed by atoms with van der Waals surface area (Å²) in [5.41, 5.74) is 1.23. The number of hydrogen-bond donors (Lipinski definition) is 1. The molecule has 0 aliphatic carbocycles. The van der Waals surface area contributed by atoms with Crippen LogP contribution in [0.4, 0.5) is 0 Å². The summed E-state index contributed by atoms with van der Waals surface area (Å²) in [5, 5.41) is 3.41. The average molecular weight is 249 g/mol. The van der Waals surface area contributed by atoms with E-state index < -0.39 is 0 Å². The van der Waals surface area contributed by atoms with Crippen molar-refractivity contribution in [3.8, 4) is 5.75 Å². The summed E-state index contributed by atoms with van der Waals surface area (Å²) in [5.74, 6) is 0.983. The fraction of sp³-hybridized carbons (Fsp3) is 0.600. The van der Waals surface area contributed by atoms with Crippen molar-refractivity contribution in [2.75, 3.05) is 19.8 Å². The van der Waals surface area contributed by atoms with Crippen molar-refractivity contribution >= 4 is 0 Å². The lowest BCUT2D eigenvalue weighted by Crippen LogP contribution is -2.18. The molecule has 3 heteroatoms. The fourth-order valence-electron chi connectivity index (χ4n) is 2.15. The quantitative estimate of drug-likeness (QED) is 0.754. The summed E-state index contributed by atoms with van der Waals surface area (Å²) < 4.78 is 11.5. The van der Waals surface area contributed by atoms with Gasteiger partial charge in [0, 0.05) is 18.7 Å². The van der Waals surface area contributed by atoms with Crippen LogP contribution in [0.5, 0.6) is 5.75 Å². The number of benzene rings is 1. The molecule has 0 spiro atoms. The van der Waals surface area contributed by atoms with E-state index in [-0.39, 0.29) is 6.10 Å². The van der Waals surface area contributed by atoms with Gasteiger partial charge in [0.2, 0.25) is 0 Å². The van der Waals surface area contributed by atoms with Crippen molar-refractivity contribution in [3.05, 3.63) is 29.8 Å². The highest BCUT2D eigenvalue weighted by Crippen LogP contribution is 2.20. The second kappa shape index (κ2) is 7.39. The number of para-hydroxylation sites is 1. The molecular formula is C15H23NO2. The molecule has 1 heterocycles. The van der Waals surface area contributed by atoms with Crippen molar-refractivity contribution in [3.63, 3.8) is 0 Å². The van der Waals surface area contributed by atoms with Crippen LogP contribution in [0.2, 0.25) is 0 Å². The van der Waals surface area contributed by atoms with E-state index >= 15 is 0 Å². The van der Waals surface area contributed by atoms with E-state index in [1.165, 1.54) is 5.56 Å². The Kier molecular flexibility index (Phi) is 5.49. The molecule has 1 aliphatic rings. The second-order valence-electron chi connectivity index (χ2n) is 4.73. The first-order valence-corrected chi connectivity index (χ1v) is 6.93. The van der Waals surface area contributed by atoms with Gasteiger partial charge < -0.3 is 14.8 Å². The van der Waals surface area contributed by atoms with Crippen LogP contribution in [0, 0.1) is 0 Å². The largest absolute Gasteiger partial charge is 0.491 e. The molecule has 18 heavy (non-hydrogen) atoms. The van der Waals surface area contributed by atoms with Gasteiger partial charge in [0.05, 0.1) is 6.10 Å². The third kappa shape index (κ3) is 4.00. The van der Waals surface area contributed by atoms with Crippen LogP contribution in [-0.2, 0) is 11.3 Å². The standard InChI is InChI=1S/C15H23NO2/c1-2-9-16-11-13-6-3-4-8-15(13)18-12-14-7-5-10-17-14/h3-4,6,8,14,16H,2,5,7,9-12H2,1H3. The van der Waals surface area contributed by atoms with Crippen LogP contribution in [0.15, 0.2) is 24.3 Å². The lowest BCUT2D eigenvalue weighted by molar-refractivity contribution is 0.0676. The number of ether oxygens (including phenoxy) is 2. The van der Waals surface area contributed by atoms with Crippen molar-refractivity contribution in [2.45, 2.75) is 38.8 Å². The minimum atomic E-state index is 0.279. The fourth-order valence-corrected chi connectivity index (χ4v) is 2.15. The minimum Gasteiger partial charge on any atom is -0.491 e. The van der Waals surface area contributed by atoms with Gasteiger partial charge in [-0.15, -0.1) is 0 Å². The summed E-state index contributed by atoms with van der Waals surface area (Å²) in [6.45, 7) is 5.64. The van der Waals surface area contributed by atoms with Gasteiger partial charge in [0.1, 0.15) is 12.4 Å². The number of nitrogens with one attached hydrogen (secondary N) is 1. The maximum atomic E-state index is 5.89. The first-order chi connectivity index (χ1) is 8.90. The SMILES string of the molecule is CCCNCc1ccccc1OCC1CCCO1. The van der Waals surface area contributed by atoms with Crippen LogP contribution in [0.25, 0.3) is 0 Å². The predicted octanol–water partition coefficient (Wildman–Crippen LogP) is 2.74. The van der Waals surface area contributed by atoms with Gasteiger partial charge in [0.25, 0.3) is 0 Å². The van der Waals surface area contributed by atoms with E-state index in [0.717, 1.165) is 44.7 Å². The average Bonchev–Trinajstić information content (AvgIpc) is 2.91. The lowest BCUT2D eigenvalue weighted by atomic mass is 10.2. The molecule has 1 N–H and O–H groups in total. The van der Waals surface area contributed by atoms with Gasteiger partial charge >= 0.3 is 0 Å². The summed E-state index contributed by atoms with van der Waals surface area (Å²) in [6, 6.07) is 8.24. The second-order valence-corrected chi connectivity index (χ2v) is 4.73. The Bertz CT molecular complexity index is 348. The minimum absolute atomic E-state index is 0.279.